The van der Waals surface area contributed by atoms with Crippen LogP contribution in [-0.4, -0.2) is 77.5 Å². The molecule has 45 heavy (non-hydrogen) atoms. The van der Waals surface area contributed by atoms with Crippen molar-refractivity contribution in [2.75, 3.05) is 40.0 Å². The zero-order chi connectivity index (χ0) is 32.6. The maximum Gasteiger partial charge on any atom is 0.254 e. The van der Waals surface area contributed by atoms with E-state index in [9.17, 15) is 10.0 Å². The summed E-state index contributed by atoms with van der Waals surface area (Å²) in [5.74, 6) is 0.785. The number of thiazole rings is 1. The largest absolute Gasteiger partial charge is 0.470 e. The third-order valence-corrected chi connectivity index (χ3v) is 8.18. The van der Waals surface area contributed by atoms with Gasteiger partial charge in [-0.1, -0.05) is 52.0 Å². The molecule has 12 heteroatoms. The second-order valence-corrected chi connectivity index (χ2v) is 11.5. The average molecular weight is 871 g/mol. The minimum absolute atomic E-state index is 0. The number of carbonyl (C=O) groups excluding carboxylic acids is 1. The van der Waals surface area contributed by atoms with Crippen molar-refractivity contribution in [3.8, 4) is 16.3 Å². The Morgan fingerprint density at radius 1 is 1.09 bits per heavy atom. The predicted octanol–water partition coefficient (Wildman–Crippen LogP) is 7.34. The van der Waals surface area contributed by atoms with Crippen molar-refractivity contribution in [1.29, 1.82) is 0 Å². The van der Waals surface area contributed by atoms with Crippen LogP contribution in [0.1, 0.15) is 90.3 Å². The first kappa shape index (κ1) is 41.2. The van der Waals surface area contributed by atoms with Crippen molar-refractivity contribution in [3.63, 3.8) is 0 Å². The summed E-state index contributed by atoms with van der Waals surface area (Å²) in [6.45, 7) is 18.8. The topological polar surface area (TPSA) is 110 Å². The molecule has 0 saturated carbocycles. The van der Waals surface area contributed by atoms with Gasteiger partial charge in [-0.05, 0) is 62.7 Å². The molecule has 1 aliphatic rings. The van der Waals surface area contributed by atoms with Gasteiger partial charge in [-0.3, -0.25) is 4.79 Å². The minimum atomic E-state index is -0.442. The Balaban J connectivity index is 0.000000442. The zero-order valence-corrected chi connectivity index (χ0v) is 33.4. The summed E-state index contributed by atoms with van der Waals surface area (Å²) in [5, 5.41) is 14.6. The monoisotopic (exact) mass is 870 g/mol. The van der Waals surface area contributed by atoms with Crippen LogP contribution in [0.2, 0.25) is 0 Å². The van der Waals surface area contributed by atoms with Crippen molar-refractivity contribution in [2.24, 2.45) is 5.92 Å². The molecular formula is C33H52N4O6SU. The molecule has 2 atom stereocenters. The number of carbonyl (C=O) groups is 1. The molecule has 0 spiro atoms. The number of rotatable bonds is 13. The summed E-state index contributed by atoms with van der Waals surface area (Å²) in [6.07, 6.45) is 1.69. The first-order valence-corrected chi connectivity index (χ1v) is 16.6. The predicted molar refractivity (Wildman–Crippen MR) is 174 cm³/mol. The molecule has 3 heterocycles. The van der Waals surface area contributed by atoms with Gasteiger partial charge >= 0.3 is 0 Å². The van der Waals surface area contributed by atoms with Gasteiger partial charge in [0.2, 0.25) is 5.91 Å². The summed E-state index contributed by atoms with van der Waals surface area (Å²) in [5.41, 5.74) is 5.21. The average Bonchev–Trinajstić information content (AvgIpc) is 3.80. The molecule has 2 aromatic heterocycles. The third-order valence-electron chi connectivity index (χ3n) is 7.20. The third kappa shape index (κ3) is 12.7. The Kier molecular flexibility index (Phi) is 20.1. The van der Waals surface area contributed by atoms with E-state index >= 15 is 0 Å². The molecule has 0 aliphatic carbocycles. The van der Waals surface area contributed by atoms with Gasteiger partial charge in [0.1, 0.15) is 12.5 Å². The molecule has 4 rings (SSSR count). The molecule has 1 aromatic carbocycles. The number of likely N-dealkylation sites (tertiary alicyclic amines) is 1. The van der Waals surface area contributed by atoms with Gasteiger partial charge in [0.25, 0.3) is 5.88 Å². The number of hydroxylamine groups is 2. The summed E-state index contributed by atoms with van der Waals surface area (Å²) >= 11 is 1.65. The van der Waals surface area contributed by atoms with Crippen LogP contribution < -0.4 is 4.74 Å². The minimum Gasteiger partial charge on any atom is -0.470 e. The Labute approximate surface area is 297 Å². The molecule has 1 amide bonds. The van der Waals surface area contributed by atoms with E-state index in [2.05, 4.69) is 22.3 Å². The van der Waals surface area contributed by atoms with E-state index in [1.54, 1.807) is 24.5 Å². The number of nitrogens with zero attached hydrogens (tertiary/aromatic N) is 4. The van der Waals surface area contributed by atoms with Gasteiger partial charge in [0, 0.05) is 70.5 Å². The first-order chi connectivity index (χ1) is 21.2. The number of hydrogen-bond donors (Lipinski definition) is 1. The van der Waals surface area contributed by atoms with Crippen LogP contribution in [0.4, 0.5) is 0 Å². The van der Waals surface area contributed by atoms with E-state index in [-0.39, 0.29) is 61.5 Å². The van der Waals surface area contributed by atoms with E-state index in [0.29, 0.717) is 24.9 Å². The quantitative estimate of drug-likeness (QED) is 0.140. The van der Waals surface area contributed by atoms with Crippen LogP contribution in [-0.2, 0) is 14.3 Å². The van der Waals surface area contributed by atoms with Gasteiger partial charge in [0.05, 0.1) is 22.1 Å². The van der Waals surface area contributed by atoms with Gasteiger partial charge in [-0.2, -0.15) is 5.06 Å². The SMILES string of the molecule is CC.CCOC(COc1cc(C(C(=O)N2CCCC2)C(C)C)on1)OCC.Cc1ncsc1-c1ccc(C(C)N(C)O)cc1.[U]. The molecule has 3 aromatic rings. The van der Waals surface area contributed by atoms with Gasteiger partial charge < -0.3 is 28.8 Å². The maximum atomic E-state index is 12.8. The molecule has 1 saturated heterocycles. The molecule has 2 unspecified atom stereocenters. The standard InChI is InChI=1S/C18H30N2O5.C13H16N2OS.C2H6.U/c1-5-22-16(23-6-2)12-24-15-11-14(25-19-15)17(13(3)4)18(21)20-9-7-8-10-20;1-9-13(17-8-14-9)12-6-4-11(5-7-12)10(2)15(3)16;1-2;/h11,13,16-17H,5-10,12H2,1-4H3;4-8,10,16H,1-3H3;1-2H3;. The summed E-state index contributed by atoms with van der Waals surface area (Å²) < 4.78 is 21.9. The number of aryl methyl sites for hydroxylation is 1. The first-order valence-electron chi connectivity index (χ1n) is 15.7. The molecular weight excluding hydrogens is 818 g/mol. The normalized spacial score (nSPS) is 13.9. The Hall–Kier alpha value is -1.78. The van der Waals surface area contributed by atoms with E-state index in [0.717, 1.165) is 37.2 Å². The summed E-state index contributed by atoms with van der Waals surface area (Å²) in [6, 6.07) is 9.96. The van der Waals surface area contributed by atoms with Crippen LogP contribution in [0, 0.1) is 44.0 Å². The second-order valence-electron chi connectivity index (χ2n) is 10.6. The molecule has 1 N–H and O–H groups in total. The zero-order valence-electron chi connectivity index (χ0n) is 28.4. The van der Waals surface area contributed by atoms with Gasteiger partial charge in [-0.15, -0.1) is 11.3 Å². The molecule has 1 fully saturated rings. The number of aromatic nitrogens is 2. The Bertz CT molecular complexity index is 1210. The molecule has 0 bridgehead atoms. The second kappa shape index (κ2) is 21.9. The Morgan fingerprint density at radius 3 is 2.18 bits per heavy atom. The number of hydrogen-bond acceptors (Lipinski definition) is 10. The van der Waals surface area contributed by atoms with Gasteiger partial charge in [0.15, 0.2) is 12.1 Å². The van der Waals surface area contributed by atoms with Crippen molar-refractivity contribution >= 4 is 17.2 Å². The smallest absolute Gasteiger partial charge is 0.254 e. The maximum absolute atomic E-state index is 12.8. The van der Waals surface area contributed by atoms with E-state index in [4.69, 9.17) is 18.7 Å². The van der Waals surface area contributed by atoms with E-state index in [1.165, 1.54) is 15.5 Å². The molecule has 10 nitrogen and oxygen atoms in total. The van der Waals surface area contributed by atoms with Crippen LogP contribution in [0.15, 0.2) is 40.4 Å². The summed E-state index contributed by atoms with van der Waals surface area (Å²) in [7, 11) is 1.66. The van der Waals surface area contributed by atoms with E-state index in [1.807, 2.05) is 77.9 Å². The van der Waals surface area contributed by atoms with Crippen molar-refractivity contribution in [2.45, 2.75) is 86.5 Å². The fourth-order valence-corrected chi connectivity index (χ4v) is 5.55. The molecule has 250 valence electrons. The Morgan fingerprint density at radius 2 is 1.69 bits per heavy atom. The summed E-state index contributed by atoms with van der Waals surface area (Å²) in [4.78, 5) is 20.2. The van der Waals surface area contributed by atoms with Crippen LogP contribution in [0.3, 0.4) is 0 Å². The number of benzene rings is 1. The van der Waals surface area contributed by atoms with Crippen molar-refractivity contribution in [3.05, 3.63) is 52.9 Å². The van der Waals surface area contributed by atoms with Crippen LogP contribution in [0.5, 0.6) is 5.88 Å². The fraction of sp³-hybridized carbons (Fsp3) is 0.606. The van der Waals surface area contributed by atoms with Crippen LogP contribution in [0.25, 0.3) is 10.4 Å². The number of ether oxygens (including phenoxy) is 3. The van der Waals surface area contributed by atoms with Gasteiger partial charge in [-0.25, -0.2) is 4.98 Å². The van der Waals surface area contributed by atoms with Crippen molar-refractivity contribution in [1.82, 2.24) is 20.1 Å². The fourth-order valence-electron chi connectivity index (χ4n) is 4.73. The molecule has 1 aliphatic heterocycles. The molecule has 0 radical (unpaired) electrons. The van der Waals surface area contributed by atoms with Crippen molar-refractivity contribution < 1.29 is 59.8 Å². The van der Waals surface area contributed by atoms with Crippen LogP contribution >= 0.6 is 11.3 Å². The number of amides is 1. The van der Waals surface area contributed by atoms with E-state index < -0.39 is 6.29 Å².